The smallest absolute Gasteiger partial charge is 0.254 e. The zero-order chi connectivity index (χ0) is 10.1. The highest BCUT2D eigenvalue weighted by Crippen LogP contribution is 2.08. The molecule has 2 aromatic rings. The van der Waals surface area contributed by atoms with Crippen molar-refractivity contribution in [1.82, 2.24) is 19.6 Å². The van der Waals surface area contributed by atoms with Gasteiger partial charge < -0.3 is 0 Å². The minimum atomic E-state index is -0.0388. The van der Waals surface area contributed by atoms with Gasteiger partial charge in [0.25, 0.3) is 5.78 Å². The standard InChI is InChI=1S/C9H10N4O/c1-6(2)8(14)7-5-10-9-12-11-3-4-13(7)9/h3-6H,1-2H3. The summed E-state index contributed by atoms with van der Waals surface area (Å²) in [6, 6.07) is 0. The summed E-state index contributed by atoms with van der Waals surface area (Å²) in [5, 5.41) is 7.48. The Hall–Kier alpha value is -1.78. The molecule has 0 atom stereocenters. The first-order chi connectivity index (χ1) is 6.70. The van der Waals surface area contributed by atoms with Gasteiger partial charge in [0.15, 0.2) is 5.78 Å². The molecule has 0 amide bonds. The Bertz CT molecular complexity index is 474. The molecule has 0 saturated carbocycles. The van der Waals surface area contributed by atoms with Gasteiger partial charge >= 0.3 is 0 Å². The van der Waals surface area contributed by atoms with Crippen LogP contribution in [0, 0.1) is 5.92 Å². The number of carbonyl (C=O) groups is 1. The Morgan fingerprint density at radius 2 is 2.29 bits per heavy atom. The van der Waals surface area contributed by atoms with E-state index < -0.39 is 0 Å². The number of aromatic nitrogens is 4. The first-order valence-electron chi connectivity index (χ1n) is 4.39. The SMILES string of the molecule is CC(C)C(=O)c1cnc2nnccn12. The third-order valence-electron chi connectivity index (χ3n) is 1.98. The third-order valence-corrected chi connectivity index (χ3v) is 1.98. The van der Waals surface area contributed by atoms with Gasteiger partial charge in [-0.2, -0.15) is 5.10 Å². The topological polar surface area (TPSA) is 60.2 Å². The van der Waals surface area contributed by atoms with Gasteiger partial charge in [-0.15, -0.1) is 5.10 Å². The molecule has 0 aliphatic rings. The first-order valence-corrected chi connectivity index (χ1v) is 4.39. The van der Waals surface area contributed by atoms with Crippen molar-refractivity contribution in [1.29, 1.82) is 0 Å². The number of hydrogen-bond acceptors (Lipinski definition) is 4. The normalized spacial score (nSPS) is 11.1. The second-order valence-electron chi connectivity index (χ2n) is 3.35. The molecule has 0 aliphatic heterocycles. The van der Waals surface area contributed by atoms with Crippen LogP contribution in [0.25, 0.3) is 5.78 Å². The molecular weight excluding hydrogens is 180 g/mol. The van der Waals surface area contributed by atoms with Crippen LogP contribution in [0.15, 0.2) is 18.6 Å². The average Bonchev–Trinajstić information content (AvgIpc) is 2.60. The summed E-state index contributed by atoms with van der Waals surface area (Å²) in [5.41, 5.74) is 0.560. The van der Waals surface area contributed by atoms with Crippen LogP contribution in [-0.4, -0.2) is 25.4 Å². The monoisotopic (exact) mass is 190 g/mol. The van der Waals surface area contributed by atoms with Crippen molar-refractivity contribution >= 4 is 11.6 Å². The lowest BCUT2D eigenvalue weighted by Gasteiger charge is -2.02. The maximum atomic E-state index is 11.7. The summed E-state index contributed by atoms with van der Waals surface area (Å²) in [6.07, 6.45) is 4.75. The molecule has 0 fully saturated rings. The molecule has 2 heterocycles. The van der Waals surface area contributed by atoms with Gasteiger partial charge in [-0.1, -0.05) is 13.8 Å². The van der Waals surface area contributed by atoms with Crippen LogP contribution < -0.4 is 0 Å². The van der Waals surface area contributed by atoms with Crippen LogP contribution in [0.3, 0.4) is 0 Å². The number of carbonyl (C=O) groups excluding carboxylic acids is 1. The number of nitrogens with zero attached hydrogens (tertiary/aromatic N) is 4. The lowest BCUT2D eigenvalue weighted by atomic mass is 10.1. The molecule has 5 nitrogen and oxygen atoms in total. The number of ketones is 1. The second kappa shape index (κ2) is 3.17. The van der Waals surface area contributed by atoms with E-state index in [0.717, 1.165) is 0 Å². The van der Waals surface area contributed by atoms with E-state index in [2.05, 4.69) is 15.2 Å². The maximum absolute atomic E-state index is 11.7. The Morgan fingerprint density at radius 3 is 3.00 bits per heavy atom. The van der Waals surface area contributed by atoms with Crippen LogP contribution in [0.4, 0.5) is 0 Å². The van der Waals surface area contributed by atoms with Gasteiger partial charge in [0, 0.05) is 12.1 Å². The number of hydrogen-bond donors (Lipinski definition) is 0. The van der Waals surface area contributed by atoms with Gasteiger partial charge in [0.1, 0.15) is 5.69 Å². The van der Waals surface area contributed by atoms with E-state index in [9.17, 15) is 4.79 Å². The van der Waals surface area contributed by atoms with Gasteiger partial charge in [-0.3, -0.25) is 9.20 Å². The average molecular weight is 190 g/mol. The first kappa shape index (κ1) is 8.80. The van der Waals surface area contributed by atoms with Gasteiger partial charge in [0.2, 0.25) is 0 Å². The maximum Gasteiger partial charge on any atom is 0.254 e. The summed E-state index contributed by atoms with van der Waals surface area (Å²) >= 11 is 0. The van der Waals surface area contributed by atoms with Crippen LogP contribution in [0.2, 0.25) is 0 Å². The molecule has 0 saturated heterocycles. The summed E-state index contributed by atoms with van der Waals surface area (Å²) in [5.74, 6) is 0.477. The molecule has 0 radical (unpaired) electrons. The van der Waals surface area contributed by atoms with Gasteiger partial charge in [0.05, 0.1) is 12.4 Å². The van der Waals surface area contributed by atoms with E-state index >= 15 is 0 Å². The molecule has 2 aromatic heterocycles. The van der Waals surface area contributed by atoms with Crippen molar-refractivity contribution in [2.45, 2.75) is 13.8 Å². The minimum absolute atomic E-state index is 0.0388. The highest BCUT2D eigenvalue weighted by atomic mass is 16.1. The third kappa shape index (κ3) is 1.26. The van der Waals surface area contributed by atoms with Crippen molar-refractivity contribution in [3.8, 4) is 0 Å². The zero-order valence-electron chi connectivity index (χ0n) is 8.01. The number of imidazole rings is 1. The largest absolute Gasteiger partial charge is 0.292 e. The van der Waals surface area contributed by atoms with Crippen molar-refractivity contribution in [2.24, 2.45) is 5.92 Å². The molecule has 14 heavy (non-hydrogen) atoms. The summed E-state index contributed by atoms with van der Waals surface area (Å²) in [4.78, 5) is 15.7. The fourth-order valence-corrected chi connectivity index (χ4v) is 1.23. The van der Waals surface area contributed by atoms with E-state index in [0.29, 0.717) is 11.5 Å². The van der Waals surface area contributed by atoms with E-state index in [1.54, 1.807) is 10.6 Å². The Morgan fingerprint density at radius 1 is 1.50 bits per heavy atom. The molecule has 0 bridgehead atoms. The molecule has 0 N–H and O–H groups in total. The Labute approximate surface area is 80.8 Å². The van der Waals surface area contributed by atoms with Gasteiger partial charge in [-0.05, 0) is 0 Å². The lowest BCUT2D eigenvalue weighted by molar-refractivity contribution is 0.0933. The van der Waals surface area contributed by atoms with E-state index in [1.165, 1.54) is 12.4 Å². The van der Waals surface area contributed by atoms with Crippen LogP contribution in [0.1, 0.15) is 24.3 Å². The Balaban J connectivity index is 2.58. The molecule has 72 valence electrons. The highest BCUT2D eigenvalue weighted by molar-refractivity contribution is 5.96. The number of fused-ring (bicyclic) bond motifs is 1. The van der Waals surface area contributed by atoms with E-state index in [-0.39, 0.29) is 11.7 Å². The van der Waals surface area contributed by atoms with Crippen molar-refractivity contribution < 1.29 is 4.79 Å². The molecular formula is C9H10N4O. The summed E-state index contributed by atoms with van der Waals surface area (Å²) < 4.78 is 1.65. The molecule has 0 spiro atoms. The molecule has 0 aromatic carbocycles. The molecule has 0 aliphatic carbocycles. The predicted octanol–water partition coefficient (Wildman–Crippen LogP) is 0.963. The minimum Gasteiger partial charge on any atom is -0.292 e. The number of rotatable bonds is 2. The molecule has 5 heteroatoms. The van der Waals surface area contributed by atoms with Crippen LogP contribution in [0.5, 0.6) is 0 Å². The van der Waals surface area contributed by atoms with Crippen molar-refractivity contribution in [2.75, 3.05) is 0 Å². The van der Waals surface area contributed by atoms with E-state index in [1.807, 2.05) is 13.8 Å². The van der Waals surface area contributed by atoms with Crippen molar-refractivity contribution in [3.63, 3.8) is 0 Å². The quantitative estimate of drug-likeness (QED) is 0.662. The highest BCUT2D eigenvalue weighted by Gasteiger charge is 2.15. The molecule has 0 unspecified atom stereocenters. The second-order valence-corrected chi connectivity index (χ2v) is 3.35. The van der Waals surface area contributed by atoms with Gasteiger partial charge in [-0.25, -0.2) is 4.98 Å². The summed E-state index contributed by atoms with van der Waals surface area (Å²) in [7, 11) is 0. The summed E-state index contributed by atoms with van der Waals surface area (Å²) in [6.45, 7) is 3.71. The molecule has 2 rings (SSSR count). The lowest BCUT2D eigenvalue weighted by Crippen LogP contribution is -2.10. The van der Waals surface area contributed by atoms with Crippen LogP contribution in [-0.2, 0) is 0 Å². The van der Waals surface area contributed by atoms with E-state index in [4.69, 9.17) is 0 Å². The fourth-order valence-electron chi connectivity index (χ4n) is 1.23. The van der Waals surface area contributed by atoms with Crippen molar-refractivity contribution in [3.05, 3.63) is 24.3 Å². The zero-order valence-corrected chi connectivity index (χ0v) is 8.01. The Kier molecular flexibility index (Phi) is 1.99. The predicted molar refractivity (Wildman–Crippen MR) is 50.0 cm³/mol. The fraction of sp³-hybridized carbons (Fsp3) is 0.333. The number of Topliss-reactive ketones (excluding diaryl/α,β-unsaturated/α-hetero) is 1. The van der Waals surface area contributed by atoms with Crippen LogP contribution >= 0.6 is 0 Å².